The second-order valence-electron chi connectivity index (χ2n) is 14.5. The van der Waals surface area contributed by atoms with Crippen molar-refractivity contribution in [1.82, 2.24) is 19.8 Å². The zero-order chi connectivity index (χ0) is 35.2. The van der Waals surface area contributed by atoms with Crippen LogP contribution in [0.15, 0.2) is 42.5 Å². The Hall–Kier alpha value is -5.00. The van der Waals surface area contributed by atoms with E-state index in [2.05, 4.69) is 21.9 Å². The number of rotatable bonds is 6. The maximum atomic E-state index is 17.0. The molecule has 11 heteroatoms. The fourth-order valence-corrected chi connectivity index (χ4v) is 7.91. The van der Waals surface area contributed by atoms with Crippen LogP contribution >= 0.6 is 0 Å². The van der Waals surface area contributed by atoms with Crippen LogP contribution in [0.2, 0.25) is 0 Å². The average Bonchev–Trinajstić information content (AvgIpc) is 3.67. The Balaban J connectivity index is 1.32. The molecule has 0 radical (unpaired) electrons. The third kappa shape index (κ3) is 6.05. The Bertz CT molecular complexity index is 2060. The number of nitrogens with zero attached hydrogens (tertiary/aromatic N) is 6. The lowest BCUT2D eigenvalue weighted by Gasteiger charge is -2.41. The normalized spacial score (nSPS) is 19.0. The lowest BCUT2D eigenvalue weighted by Crippen LogP contribution is -2.56. The summed E-state index contributed by atoms with van der Waals surface area (Å²) in [5.74, 6) is 1.73. The minimum Gasteiger partial charge on any atom is -0.461 e. The summed E-state index contributed by atoms with van der Waals surface area (Å²) in [4.78, 5) is 28.7. The van der Waals surface area contributed by atoms with Gasteiger partial charge in [0, 0.05) is 36.0 Å². The van der Waals surface area contributed by atoms with E-state index >= 15 is 4.39 Å². The van der Waals surface area contributed by atoms with E-state index < -0.39 is 29.4 Å². The molecule has 50 heavy (non-hydrogen) atoms. The number of halogens is 2. The monoisotopic (exact) mass is 678 g/mol. The third-order valence-corrected chi connectivity index (χ3v) is 10.2. The van der Waals surface area contributed by atoms with Crippen molar-refractivity contribution in [3.05, 3.63) is 59.7 Å². The van der Waals surface area contributed by atoms with Crippen LogP contribution < -0.4 is 9.64 Å². The molecule has 9 nitrogen and oxygen atoms in total. The van der Waals surface area contributed by atoms with E-state index in [1.54, 1.807) is 56.0 Å². The number of terminal acetylenes is 1. The minimum absolute atomic E-state index is 0.0522. The van der Waals surface area contributed by atoms with Crippen molar-refractivity contribution in [3.63, 3.8) is 0 Å². The number of carbonyl (C=O) groups is 1. The van der Waals surface area contributed by atoms with Crippen molar-refractivity contribution < 1.29 is 23.0 Å². The van der Waals surface area contributed by atoms with Gasteiger partial charge >= 0.3 is 12.1 Å². The number of piperazine rings is 1. The average molecular weight is 679 g/mol. The van der Waals surface area contributed by atoms with E-state index in [1.807, 2.05) is 11.0 Å². The summed E-state index contributed by atoms with van der Waals surface area (Å²) in [5, 5.41) is 11.3. The standard InChI is InChI=1S/C39H40F2N6O3/c1-5-27-31(40)14-11-25-9-6-10-28(32(25)27)29-12-13-30-34(33(29)41)43-36(49-24-39-16-7-19-46(39)20-8-17-39)44-35(30)45-21-22-47(26(23-45)15-18-42)37(48)50-38(2,3)4/h1,6,9-14,26H,7-8,15-17,19-24H2,2-4H3/t26-/m0/s1. The van der Waals surface area contributed by atoms with Crippen LogP contribution in [0.25, 0.3) is 32.8 Å². The molecule has 3 aliphatic rings. The fraction of sp³-hybridized carbons (Fsp3) is 0.436. The number of anilines is 1. The maximum absolute atomic E-state index is 17.0. The second-order valence-corrected chi connectivity index (χ2v) is 14.5. The fourth-order valence-electron chi connectivity index (χ4n) is 7.91. The van der Waals surface area contributed by atoms with Gasteiger partial charge in [-0.25, -0.2) is 13.6 Å². The van der Waals surface area contributed by atoms with E-state index in [1.165, 1.54) is 6.07 Å². The Morgan fingerprint density at radius 2 is 1.82 bits per heavy atom. The first kappa shape index (κ1) is 33.5. The van der Waals surface area contributed by atoms with Gasteiger partial charge < -0.3 is 19.3 Å². The highest BCUT2D eigenvalue weighted by molar-refractivity contribution is 6.03. The molecular formula is C39H40F2N6O3. The predicted octanol–water partition coefficient (Wildman–Crippen LogP) is 7.06. The van der Waals surface area contributed by atoms with Crippen molar-refractivity contribution in [2.45, 2.75) is 70.1 Å². The van der Waals surface area contributed by atoms with Crippen LogP contribution in [-0.4, -0.2) is 82.4 Å². The van der Waals surface area contributed by atoms with Crippen LogP contribution in [-0.2, 0) is 4.74 Å². The number of nitriles is 1. The molecule has 4 aromatic rings. The van der Waals surface area contributed by atoms with E-state index in [4.69, 9.17) is 20.9 Å². The highest BCUT2D eigenvalue weighted by Crippen LogP contribution is 2.41. The van der Waals surface area contributed by atoms with Gasteiger partial charge in [0.1, 0.15) is 29.4 Å². The summed E-state index contributed by atoms with van der Waals surface area (Å²) in [6.07, 6.45) is 9.56. The first-order valence-electron chi connectivity index (χ1n) is 17.2. The Morgan fingerprint density at radius 1 is 1.04 bits per heavy atom. The molecule has 0 bridgehead atoms. The molecule has 1 amide bonds. The van der Waals surface area contributed by atoms with Crippen LogP contribution in [0.5, 0.6) is 6.01 Å². The maximum Gasteiger partial charge on any atom is 0.410 e. The first-order chi connectivity index (χ1) is 24.0. The number of ether oxygens (including phenoxy) is 2. The molecule has 3 aliphatic heterocycles. The topological polar surface area (TPSA) is 94.8 Å². The number of carbonyl (C=O) groups excluding carboxylic acids is 1. The molecular weight excluding hydrogens is 638 g/mol. The Kier molecular flexibility index (Phi) is 8.73. The molecule has 0 unspecified atom stereocenters. The van der Waals surface area contributed by atoms with Gasteiger partial charge in [-0.2, -0.15) is 15.2 Å². The van der Waals surface area contributed by atoms with Gasteiger partial charge in [0.05, 0.1) is 29.6 Å². The molecule has 1 aromatic heterocycles. The molecule has 3 saturated heterocycles. The molecule has 3 fully saturated rings. The summed E-state index contributed by atoms with van der Waals surface area (Å²) in [7, 11) is 0. The Morgan fingerprint density at radius 3 is 2.54 bits per heavy atom. The van der Waals surface area contributed by atoms with Crippen molar-refractivity contribution >= 4 is 33.6 Å². The van der Waals surface area contributed by atoms with Crippen molar-refractivity contribution in [2.75, 3.05) is 44.2 Å². The molecule has 0 saturated carbocycles. The van der Waals surface area contributed by atoms with Gasteiger partial charge in [-0.3, -0.25) is 4.90 Å². The number of aromatic nitrogens is 2. The zero-order valence-corrected chi connectivity index (χ0v) is 28.6. The lowest BCUT2D eigenvalue weighted by atomic mass is 9.93. The zero-order valence-electron chi connectivity index (χ0n) is 28.6. The summed E-state index contributed by atoms with van der Waals surface area (Å²) < 4.78 is 43.9. The van der Waals surface area contributed by atoms with E-state index in [0.29, 0.717) is 40.7 Å². The SMILES string of the molecule is C#Cc1c(F)ccc2cccc(-c3ccc4c(N5CCN(C(=O)OC(C)(C)C)[C@@H](CC#N)C5)nc(OCC56CCCN5CCC6)nc4c3F)c12. The summed E-state index contributed by atoms with van der Waals surface area (Å²) in [6, 6.07) is 13.4. The number of fused-ring (bicyclic) bond motifs is 3. The van der Waals surface area contributed by atoms with Crippen molar-refractivity contribution in [1.29, 1.82) is 5.26 Å². The Labute approximate surface area is 290 Å². The van der Waals surface area contributed by atoms with Gasteiger partial charge in [-0.15, -0.1) is 6.42 Å². The van der Waals surface area contributed by atoms with Gasteiger partial charge in [-0.05, 0) is 82.6 Å². The van der Waals surface area contributed by atoms with E-state index in [0.717, 1.165) is 38.8 Å². The summed E-state index contributed by atoms with van der Waals surface area (Å²) in [5.41, 5.74) is -0.00259. The number of hydrogen-bond acceptors (Lipinski definition) is 8. The molecule has 0 spiro atoms. The molecule has 0 aliphatic carbocycles. The highest BCUT2D eigenvalue weighted by atomic mass is 19.1. The van der Waals surface area contributed by atoms with Crippen LogP contribution in [0.4, 0.5) is 19.4 Å². The van der Waals surface area contributed by atoms with Crippen LogP contribution in [0.3, 0.4) is 0 Å². The lowest BCUT2D eigenvalue weighted by molar-refractivity contribution is 0.0145. The smallest absolute Gasteiger partial charge is 0.410 e. The molecule has 1 atom stereocenters. The third-order valence-electron chi connectivity index (χ3n) is 10.2. The first-order valence-corrected chi connectivity index (χ1v) is 17.2. The summed E-state index contributed by atoms with van der Waals surface area (Å²) in [6.45, 7) is 8.75. The van der Waals surface area contributed by atoms with Crippen LogP contribution in [0.1, 0.15) is 58.4 Å². The summed E-state index contributed by atoms with van der Waals surface area (Å²) >= 11 is 0. The molecule has 258 valence electrons. The van der Waals surface area contributed by atoms with E-state index in [9.17, 15) is 14.4 Å². The number of benzene rings is 3. The van der Waals surface area contributed by atoms with E-state index in [-0.39, 0.29) is 47.7 Å². The quantitative estimate of drug-likeness (QED) is 0.200. The van der Waals surface area contributed by atoms with Gasteiger partial charge in [0.2, 0.25) is 0 Å². The van der Waals surface area contributed by atoms with Crippen LogP contribution in [0, 0.1) is 35.3 Å². The molecule has 4 heterocycles. The van der Waals surface area contributed by atoms with Crippen molar-refractivity contribution in [2.24, 2.45) is 0 Å². The highest BCUT2D eigenvalue weighted by Gasteiger charge is 2.45. The predicted molar refractivity (Wildman–Crippen MR) is 188 cm³/mol. The number of hydrogen-bond donors (Lipinski definition) is 0. The second kappa shape index (κ2) is 13.0. The number of amides is 1. The largest absolute Gasteiger partial charge is 0.461 e. The minimum atomic E-state index is -0.694. The molecule has 7 rings (SSSR count). The van der Waals surface area contributed by atoms with Gasteiger partial charge in [-0.1, -0.05) is 36.3 Å². The van der Waals surface area contributed by atoms with Gasteiger partial charge in [0.15, 0.2) is 5.82 Å². The molecule has 0 N–H and O–H groups in total. The molecule has 3 aromatic carbocycles. The van der Waals surface area contributed by atoms with Gasteiger partial charge in [0.25, 0.3) is 0 Å². The van der Waals surface area contributed by atoms with Crippen molar-refractivity contribution in [3.8, 4) is 35.6 Å².